The van der Waals surface area contributed by atoms with Crippen molar-refractivity contribution < 1.29 is 13.7 Å². The van der Waals surface area contributed by atoms with Crippen molar-refractivity contribution >= 4 is 63.8 Å². The lowest BCUT2D eigenvalue weighted by Crippen LogP contribution is -2.38. The Hall–Kier alpha value is -4.91. The molecule has 6 heterocycles. The molecule has 8 rings (SSSR count). The van der Waals surface area contributed by atoms with Gasteiger partial charge >= 0.3 is 6.09 Å². The van der Waals surface area contributed by atoms with Crippen LogP contribution in [0.4, 0.5) is 27.8 Å². The molecule has 2 saturated carbocycles. The summed E-state index contributed by atoms with van der Waals surface area (Å²) in [6.07, 6.45) is 16.2. The van der Waals surface area contributed by atoms with Crippen LogP contribution in [0.15, 0.2) is 61.7 Å². The van der Waals surface area contributed by atoms with E-state index in [2.05, 4.69) is 52.7 Å². The second-order valence-corrected chi connectivity index (χ2v) is 19.0. The van der Waals surface area contributed by atoms with Gasteiger partial charge in [0.25, 0.3) is 0 Å². The van der Waals surface area contributed by atoms with Crippen LogP contribution in [0.25, 0.3) is 11.3 Å². The molecule has 5 atom stereocenters. The van der Waals surface area contributed by atoms with E-state index in [1.807, 2.05) is 77.6 Å². The normalized spacial score (nSPS) is 20.1. The van der Waals surface area contributed by atoms with Gasteiger partial charge in [-0.1, -0.05) is 0 Å². The molecule has 58 heavy (non-hydrogen) atoms. The van der Waals surface area contributed by atoms with E-state index in [0.29, 0.717) is 29.1 Å². The van der Waals surface area contributed by atoms with Gasteiger partial charge in [0, 0.05) is 63.1 Å². The van der Waals surface area contributed by atoms with Crippen molar-refractivity contribution in [1.29, 1.82) is 0 Å². The first-order valence-electron chi connectivity index (χ1n) is 19.4. The van der Waals surface area contributed by atoms with E-state index in [0.717, 1.165) is 61.2 Å². The summed E-state index contributed by atoms with van der Waals surface area (Å²) in [5.41, 5.74) is 10.5. The van der Waals surface area contributed by atoms with Crippen molar-refractivity contribution in [3.8, 4) is 0 Å². The Bertz CT molecular complexity index is 2370. The van der Waals surface area contributed by atoms with Gasteiger partial charge < -0.3 is 15.8 Å². The molecular weight excluding hydrogens is 780 g/mol. The van der Waals surface area contributed by atoms with Gasteiger partial charge in [-0.15, -0.1) is 12.4 Å². The lowest BCUT2D eigenvalue weighted by atomic mass is 9.98. The maximum Gasteiger partial charge on any atom is 0.420 e. The first-order chi connectivity index (χ1) is 27.0. The largest absolute Gasteiger partial charge is 0.443 e. The highest BCUT2D eigenvalue weighted by molar-refractivity contribution is 7.84. The summed E-state index contributed by atoms with van der Waals surface area (Å²) in [7, 11) is 2.57. The van der Waals surface area contributed by atoms with Gasteiger partial charge in [0.05, 0.1) is 27.1 Å². The topological polar surface area (TPSA) is 193 Å². The third-order valence-corrected chi connectivity index (χ3v) is 11.8. The number of nitrogens with one attached hydrogen (secondary N) is 2. The highest BCUT2D eigenvalue weighted by Crippen LogP contribution is 2.39. The van der Waals surface area contributed by atoms with Crippen LogP contribution in [-0.4, -0.2) is 81.5 Å². The van der Waals surface area contributed by atoms with Crippen molar-refractivity contribution in [1.82, 2.24) is 53.5 Å². The second kappa shape index (κ2) is 17.1. The van der Waals surface area contributed by atoms with Gasteiger partial charge in [-0.2, -0.15) is 20.4 Å². The minimum Gasteiger partial charge on any atom is -0.443 e. The fraction of sp³-hybridized carbons (Fsp3) is 0.513. The summed E-state index contributed by atoms with van der Waals surface area (Å²) in [5.74, 6) is 1.96. The van der Waals surface area contributed by atoms with Gasteiger partial charge in [0.2, 0.25) is 0 Å². The van der Waals surface area contributed by atoms with Gasteiger partial charge in [0.15, 0.2) is 22.9 Å². The van der Waals surface area contributed by atoms with Gasteiger partial charge in [-0.3, -0.25) is 9.36 Å². The molecule has 2 aliphatic carbocycles. The number of aryl methyl sites for hydroxylation is 2. The Labute approximate surface area is 347 Å². The molecule has 2 aliphatic rings. The predicted molar refractivity (Wildman–Crippen MR) is 227 cm³/mol. The molecule has 0 aliphatic heterocycles. The molecule has 1 amide bonds. The zero-order chi connectivity index (χ0) is 40.6. The highest BCUT2D eigenvalue weighted by atomic mass is 35.5. The van der Waals surface area contributed by atoms with E-state index < -0.39 is 22.7 Å². The number of nitrogens with zero attached hydrogens (tertiary/aromatic N) is 11. The number of hydrogen-bond acceptors (Lipinski definition) is 11. The minimum absolute atomic E-state index is 0. The molecule has 6 aromatic rings. The Kier molecular flexibility index (Phi) is 12.6. The molecule has 19 heteroatoms. The summed E-state index contributed by atoms with van der Waals surface area (Å²) in [6, 6.07) is 8.31. The van der Waals surface area contributed by atoms with Crippen molar-refractivity contribution in [2.24, 2.45) is 19.8 Å². The number of hydrogen-bond donors (Lipinski definition) is 3. The van der Waals surface area contributed by atoms with Crippen LogP contribution in [-0.2, 0) is 29.8 Å². The molecule has 2 fully saturated rings. The number of rotatable bonds is 8. The van der Waals surface area contributed by atoms with Crippen molar-refractivity contribution in [2.75, 3.05) is 10.2 Å². The summed E-state index contributed by atoms with van der Waals surface area (Å²) in [5, 5.41) is 20.8. The molecule has 0 saturated heterocycles. The summed E-state index contributed by atoms with van der Waals surface area (Å²) in [4.78, 5) is 23.6. The number of amides is 1. The number of anilines is 4. The Morgan fingerprint density at radius 3 is 2.09 bits per heavy atom. The van der Waals surface area contributed by atoms with Gasteiger partial charge in [-0.05, 0) is 115 Å². The predicted octanol–water partition coefficient (Wildman–Crippen LogP) is 6.45. The van der Waals surface area contributed by atoms with E-state index in [4.69, 9.17) is 10.5 Å². The fourth-order valence-electron chi connectivity index (χ4n) is 7.38. The van der Waals surface area contributed by atoms with E-state index in [9.17, 15) is 9.00 Å². The van der Waals surface area contributed by atoms with E-state index in [1.54, 1.807) is 39.5 Å². The maximum absolute atomic E-state index is 13.4. The number of nitrogens with two attached hydrogens (primary N) is 1. The van der Waals surface area contributed by atoms with Gasteiger partial charge in [-0.25, -0.2) is 37.6 Å². The first kappa shape index (κ1) is 42.7. The summed E-state index contributed by atoms with van der Waals surface area (Å²) < 4.78 is 28.2. The van der Waals surface area contributed by atoms with Crippen LogP contribution in [0.2, 0.25) is 0 Å². The van der Waals surface area contributed by atoms with Crippen LogP contribution >= 0.6 is 12.4 Å². The number of aromatic nitrogens is 10. The van der Waals surface area contributed by atoms with Crippen molar-refractivity contribution in [3.05, 3.63) is 72.8 Å². The lowest BCUT2D eigenvalue weighted by molar-refractivity contribution is 0.0598. The van der Waals surface area contributed by atoms with Gasteiger partial charge in [0.1, 0.15) is 18.3 Å². The Morgan fingerprint density at radius 1 is 0.862 bits per heavy atom. The molecular formula is C39H55ClN14O3S. The average Bonchev–Trinajstić information content (AvgIpc) is 3.98. The zero-order valence-corrected chi connectivity index (χ0v) is 36.0. The van der Waals surface area contributed by atoms with E-state index in [-0.39, 0.29) is 29.1 Å². The Balaban J connectivity index is 0.000000211. The molecule has 0 aromatic carbocycles. The number of ether oxygens (including phenoxy) is 1. The van der Waals surface area contributed by atoms with Crippen LogP contribution in [0, 0.1) is 0 Å². The first-order valence-corrected chi connectivity index (χ1v) is 20.6. The number of halogens is 1. The van der Waals surface area contributed by atoms with Crippen molar-refractivity contribution in [2.45, 2.75) is 114 Å². The average molecular weight is 835 g/mol. The standard InChI is InChI=1S/C24H35N7O3S.C15H19N7.ClH/c1-23(2,3)34-22(32)31(20-10-11-29(7)27-20)19-13-17(14-30-21(19)25-15-26-30)16-8-9-18(12-16)28-35(33)24(4,5)6;1-21-5-4-14(20-21)19-13-7-11(10-2-3-12(16)6-10)8-22-15(13)17-9-18-22;/h10-11,13-16,18,28H,8-9,12H2,1-7H3;4-5,7-10,12H,2-3,6,16H2,1H3,(H,19,20);1H/t16-,18+,35+;10-,12+;/m00./s1. The monoisotopic (exact) mass is 834 g/mol. The van der Waals surface area contributed by atoms with Crippen LogP contribution in [0.3, 0.4) is 0 Å². The molecule has 0 bridgehead atoms. The van der Waals surface area contributed by atoms with Crippen LogP contribution in [0.1, 0.15) is 103 Å². The second-order valence-electron chi connectivity index (χ2n) is 17.0. The van der Waals surface area contributed by atoms with Crippen LogP contribution < -0.4 is 20.7 Å². The van der Waals surface area contributed by atoms with Crippen LogP contribution in [0.5, 0.6) is 0 Å². The van der Waals surface area contributed by atoms with E-state index in [1.165, 1.54) is 16.8 Å². The number of carbonyl (C=O) groups is 1. The number of pyridine rings is 2. The zero-order valence-electron chi connectivity index (χ0n) is 34.4. The third-order valence-electron chi connectivity index (χ3n) is 10.2. The lowest BCUT2D eigenvalue weighted by Gasteiger charge is -2.27. The highest BCUT2D eigenvalue weighted by Gasteiger charge is 2.33. The molecule has 17 nitrogen and oxygen atoms in total. The molecule has 4 N–H and O–H groups in total. The molecule has 312 valence electrons. The molecule has 6 aromatic heterocycles. The third kappa shape index (κ3) is 9.85. The molecule has 0 spiro atoms. The Morgan fingerprint density at radius 2 is 1.48 bits per heavy atom. The fourth-order valence-corrected chi connectivity index (χ4v) is 8.25. The molecule has 0 unspecified atom stereocenters. The van der Waals surface area contributed by atoms with E-state index >= 15 is 0 Å². The quantitative estimate of drug-likeness (QED) is 0.153. The van der Waals surface area contributed by atoms with Crippen molar-refractivity contribution in [3.63, 3.8) is 0 Å². The number of carbonyl (C=O) groups excluding carboxylic acids is 1. The minimum atomic E-state index is -1.12. The molecule has 0 radical (unpaired) electrons. The SMILES string of the molecule is Cl.Cn1ccc(N(C(=O)OC(C)(C)C)c2cc([C@H]3CC[C@@H](N[S@](=O)C(C)(C)C)C3)cn3ncnc23)n1.Cn1ccc(Nc2cc([C@H]3CC[C@@H](N)C3)cn3ncnc23)n1. The maximum atomic E-state index is 13.4. The number of fused-ring (bicyclic) bond motifs is 2. The smallest absolute Gasteiger partial charge is 0.420 e. The summed E-state index contributed by atoms with van der Waals surface area (Å²) in [6.45, 7) is 11.4. The summed E-state index contributed by atoms with van der Waals surface area (Å²) >= 11 is 0.